The Hall–Kier alpha value is 0.870. The topological polar surface area (TPSA) is 77.4 Å². The smallest absolute Gasteiger partial charge is 0.748 e. The van der Waals surface area contributed by atoms with E-state index in [1.165, 1.54) is 0 Å². The summed E-state index contributed by atoms with van der Waals surface area (Å²) in [5.41, 5.74) is 0. The summed E-state index contributed by atoms with van der Waals surface area (Å²) in [6.45, 7) is 3.80. The molecule has 0 amide bonds. The summed E-state index contributed by atoms with van der Waals surface area (Å²) in [6, 6.07) is 0. The van der Waals surface area contributed by atoms with Crippen LogP contribution in [0.15, 0.2) is 0 Å². The summed E-state index contributed by atoms with van der Waals surface area (Å²) in [5.74, 6) is 0. The van der Waals surface area contributed by atoms with Gasteiger partial charge in [0.25, 0.3) is 0 Å². The Labute approximate surface area is 140 Å². The van der Waals surface area contributed by atoms with Gasteiger partial charge in [0, 0.05) is 5.25 Å². The predicted molar refractivity (Wildman–Crippen MR) is 72.4 cm³/mol. The maximum Gasteiger partial charge on any atom is 1.00 e. The van der Waals surface area contributed by atoms with E-state index in [-0.39, 0.29) is 29.6 Å². The Morgan fingerprint density at radius 2 is 1.53 bits per heavy atom. The van der Waals surface area contributed by atoms with Gasteiger partial charge in [0.2, 0.25) is 0 Å². The second-order valence-electron chi connectivity index (χ2n) is 5.10. The SMILES string of the molecule is CCCCCCCC(CCCC(C)O)S(=O)(=O)[O-].[Na+]. The van der Waals surface area contributed by atoms with Gasteiger partial charge in [-0.15, -0.1) is 0 Å². The van der Waals surface area contributed by atoms with E-state index >= 15 is 0 Å². The molecule has 1 N–H and O–H groups in total. The minimum Gasteiger partial charge on any atom is -0.748 e. The molecule has 6 heteroatoms. The molecule has 0 bridgehead atoms. The second kappa shape index (κ2) is 12.6. The van der Waals surface area contributed by atoms with Crippen LogP contribution in [0.2, 0.25) is 0 Å². The molecule has 0 aliphatic heterocycles. The van der Waals surface area contributed by atoms with Gasteiger partial charge in [0.1, 0.15) is 0 Å². The van der Waals surface area contributed by atoms with Crippen LogP contribution in [-0.4, -0.2) is 29.4 Å². The fourth-order valence-corrected chi connectivity index (χ4v) is 2.96. The van der Waals surface area contributed by atoms with E-state index in [1.807, 2.05) is 0 Å². The van der Waals surface area contributed by atoms with Crippen LogP contribution in [0.1, 0.15) is 71.6 Å². The quantitative estimate of drug-likeness (QED) is 0.326. The maximum absolute atomic E-state index is 11.1. The first-order chi connectivity index (χ1) is 8.38. The third-order valence-corrected chi connectivity index (χ3v) is 4.47. The molecule has 0 aliphatic rings. The van der Waals surface area contributed by atoms with E-state index < -0.39 is 21.5 Å². The second-order valence-corrected chi connectivity index (χ2v) is 6.75. The van der Waals surface area contributed by atoms with Crippen LogP contribution in [0.25, 0.3) is 0 Å². The van der Waals surface area contributed by atoms with Gasteiger partial charge in [-0.2, -0.15) is 0 Å². The van der Waals surface area contributed by atoms with Gasteiger partial charge in [0.15, 0.2) is 0 Å². The van der Waals surface area contributed by atoms with Crippen molar-refractivity contribution in [2.75, 3.05) is 0 Å². The van der Waals surface area contributed by atoms with Crippen LogP contribution >= 0.6 is 0 Å². The molecule has 2 atom stereocenters. The number of hydrogen-bond acceptors (Lipinski definition) is 4. The van der Waals surface area contributed by atoms with E-state index in [0.29, 0.717) is 25.7 Å². The minimum atomic E-state index is -4.19. The summed E-state index contributed by atoms with van der Waals surface area (Å²) >= 11 is 0. The number of aliphatic hydroxyl groups is 1. The third kappa shape index (κ3) is 13.6. The van der Waals surface area contributed by atoms with Crippen LogP contribution in [0.5, 0.6) is 0 Å². The molecule has 0 fully saturated rings. The van der Waals surface area contributed by atoms with Crippen LogP contribution in [0.4, 0.5) is 0 Å². The van der Waals surface area contributed by atoms with Crippen molar-refractivity contribution in [3.63, 3.8) is 0 Å². The zero-order valence-corrected chi connectivity index (χ0v) is 15.4. The molecule has 4 nitrogen and oxygen atoms in total. The molecule has 110 valence electrons. The van der Waals surface area contributed by atoms with E-state index in [2.05, 4.69) is 6.92 Å². The zero-order valence-electron chi connectivity index (χ0n) is 12.6. The van der Waals surface area contributed by atoms with E-state index in [4.69, 9.17) is 5.11 Å². The molecule has 0 saturated heterocycles. The number of aliphatic hydroxyl groups excluding tert-OH is 1. The summed E-state index contributed by atoms with van der Waals surface area (Å²) in [5, 5.41) is 8.35. The fraction of sp³-hybridized carbons (Fsp3) is 1.00. The molecule has 0 spiro atoms. The molecule has 0 aromatic rings. The first-order valence-electron chi connectivity index (χ1n) is 7.00. The average Bonchev–Trinajstić information content (AvgIpc) is 2.24. The van der Waals surface area contributed by atoms with E-state index in [1.54, 1.807) is 6.92 Å². The molecule has 0 heterocycles. The van der Waals surface area contributed by atoms with Crippen LogP contribution in [-0.2, 0) is 10.1 Å². The molecule has 0 saturated carbocycles. The van der Waals surface area contributed by atoms with E-state index in [0.717, 1.165) is 32.1 Å². The van der Waals surface area contributed by atoms with Crippen molar-refractivity contribution in [2.45, 2.75) is 83.0 Å². The zero-order chi connectivity index (χ0) is 14.0. The van der Waals surface area contributed by atoms with Gasteiger partial charge in [-0.3, -0.25) is 0 Å². The Bertz CT molecular complexity index is 291. The summed E-state index contributed by atoms with van der Waals surface area (Å²) in [7, 11) is -4.19. The maximum atomic E-state index is 11.1. The summed E-state index contributed by atoms with van der Waals surface area (Å²) in [4.78, 5) is 0. The van der Waals surface area contributed by atoms with Crippen molar-refractivity contribution in [1.29, 1.82) is 0 Å². The van der Waals surface area contributed by atoms with Crippen molar-refractivity contribution in [2.24, 2.45) is 0 Å². The van der Waals surface area contributed by atoms with Crippen molar-refractivity contribution in [3.05, 3.63) is 0 Å². The standard InChI is InChI=1S/C13H28O4S.Na/c1-3-4-5-6-7-10-13(18(15,16)17)11-8-9-12(2)14;/h12-14H,3-11H2,1-2H3,(H,15,16,17);/q;+1/p-1. The monoisotopic (exact) mass is 302 g/mol. The number of rotatable bonds is 11. The summed E-state index contributed by atoms with van der Waals surface area (Å²) < 4.78 is 33.3. The number of hydrogen-bond donors (Lipinski definition) is 1. The Morgan fingerprint density at radius 1 is 1.00 bits per heavy atom. The molecular weight excluding hydrogens is 275 g/mol. The van der Waals surface area contributed by atoms with Gasteiger partial charge < -0.3 is 9.66 Å². The molecule has 0 radical (unpaired) electrons. The van der Waals surface area contributed by atoms with Crippen molar-refractivity contribution in [3.8, 4) is 0 Å². The first kappa shape index (κ1) is 22.2. The predicted octanol–water partition coefficient (Wildman–Crippen LogP) is -0.184. The largest absolute Gasteiger partial charge is 1.00 e. The van der Waals surface area contributed by atoms with Gasteiger partial charge in [-0.25, -0.2) is 8.42 Å². The Kier molecular flexibility index (Phi) is 14.7. The van der Waals surface area contributed by atoms with Gasteiger partial charge in [0.05, 0.1) is 16.2 Å². The third-order valence-electron chi connectivity index (χ3n) is 3.19. The van der Waals surface area contributed by atoms with Gasteiger partial charge in [-0.05, 0) is 32.6 Å². The molecule has 0 aliphatic carbocycles. The average molecular weight is 302 g/mol. The fourth-order valence-electron chi connectivity index (χ4n) is 2.05. The Morgan fingerprint density at radius 3 is 2.00 bits per heavy atom. The minimum absolute atomic E-state index is 0. The van der Waals surface area contributed by atoms with Crippen molar-refractivity contribution >= 4 is 10.1 Å². The number of unbranched alkanes of at least 4 members (excludes halogenated alkanes) is 4. The van der Waals surface area contributed by atoms with Crippen molar-refractivity contribution in [1.82, 2.24) is 0 Å². The molecule has 2 unspecified atom stereocenters. The molecule has 0 aromatic heterocycles. The van der Waals surface area contributed by atoms with Crippen LogP contribution in [0.3, 0.4) is 0 Å². The molecular formula is C13H27NaO4S. The normalized spacial score (nSPS) is 14.7. The Balaban J connectivity index is 0. The van der Waals surface area contributed by atoms with E-state index in [9.17, 15) is 13.0 Å². The molecule has 19 heavy (non-hydrogen) atoms. The first-order valence-corrected chi connectivity index (χ1v) is 8.47. The molecule has 0 rings (SSSR count). The van der Waals surface area contributed by atoms with Gasteiger partial charge >= 0.3 is 29.6 Å². The molecule has 0 aromatic carbocycles. The van der Waals surface area contributed by atoms with Gasteiger partial charge in [-0.1, -0.05) is 39.0 Å². The van der Waals surface area contributed by atoms with Crippen molar-refractivity contribution < 1.29 is 47.6 Å². The summed E-state index contributed by atoms with van der Waals surface area (Å²) in [6.07, 6.45) is 6.80. The van der Waals surface area contributed by atoms with Crippen LogP contribution < -0.4 is 29.6 Å². The van der Waals surface area contributed by atoms with Crippen LogP contribution in [0, 0.1) is 0 Å².